The molecule has 3 aliphatic rings. The summed E-state index contributed by atoms with van der Waals surface area (Å²) in [5.41, 5.74) is 6.96. The van der Waals surface area contributed by atoms with E-state index in [1.54, 1.807) is 76.6 Å². The van der Waals surface area contributed by atoms with E-state index >= 15 is 0 Å². The molecule has 14 nitrogen and oxygen atoms in total. The van der Waals surface area contributed by atoms with Crippen LogP contribution in [0.3, 0.4) is 0 Å². The van der Waals surface area contributed by atoms with Gasteiger partial charge in [-0.3, -0.25) is 22.8 Å². The van der Waals surface area contributed by atoms with Gasteiger partial charge in [0.15, 0.2) is 6.29 Å². The van der Waals surface area contributed by atoms with Gasteiger partial charge in [0.2, 0.25) is 5.91 Å². The van der Waals surface area contributed by atoms with Gasteiger partial charge >= 0.3 is 11.9 Å². The third-order valence-corrected chi connectivity index (χ3v) is 10.7. The number of nitrogens with one attached hydrogen (secondary N) is 5. The minimum absolute atomic E-state index is 0.00837. The van der Waals surface area contributed by atoms with E-state index in [1.807, 2.05) is 6.07 Å². The monoisotopic (exact) mass is 777 g/mol. The number of fused-ring (bicyclic) bond motifs is 2. The Balaban J connectivity index is 0.000000182. The fraction of sp³-hybridized carbons (Fsp3) is 0.289. The molecule has 0 spiro atoms. The molecular weight excluding hydrogens is 735 g/mol. The summed E-state index contributed by atoms with van der Waals surface area (Å²) in [4.78, 5) is 62.7. The summed E-state index contributed by atoms with van der Waals surface area (Å²) < 4.78 is 22.8. The highest BCUT2D eigenvalue weighted by molar-refractivity contribution is 7.84. The SMILES string of the molecule is C1CCNC1.CS(=O)c1ccc2c(c1)CC(=O)N2.Cc1[nH]c(/C=C2\C(=O)Nc3ccc(S(C)=O)cc32)c(C)c1C(=O)O.Cc1[nH]c(C=O)c(C)c1C(=O)O. The van der Waals surface area contributed by atoms with Gasteiger partial charge in [-0.25, -0.2) is 9.59 Å². The number of aldehydes is 1. The molecule has 7 rings (SSSR count). The highest BCUT2D eigenvalue weighted by Crippen LogP contribution is 2.35. The zero-order chi connectivity index (χ0) is 39.9. The largest absolute Gasteiger partial charge is 0.478 e. The molecule has 0 radical (unpaired) electrons. The molecule has 54 heavy (non-hydrogen) atoms. The summed E-state index contributed by atoms with van der Waals surface area (Å²) in [6, 6.07) is 10.6. The molecule has 2 aromatic carbocycles. The topological polar surface area (TPSA) is 228 Å². The molecular formula is C38H43N5O9S2. The molecule has 0 bridgehead atoms. The van der Waals surface area contributed by atoms with Crippen molar-refractivity contribution in [3.63, 3.8) is 0 Å². The van der Waals surface area contributed by atoms with Crippen LogP contribution >= 0.6 is 0 Å². The fourth-order valence-corrected chi connectivity index (χ4v) is 7.21. The summed E-state index contributed by atoms with van der Waals surface area (Å²) >= 11 is 0. The number of anilines is 2. The van der Waals surface area contributed by atoms with Crippen LogP contribution in [0.15, 0.2) is 46.2 Å². The number of carbonyl (C=O) groups is 5. The van der Waals surface area contributed by atoms with Gasteiger partial charge in [0.25, 0.3) is 5.91 Å². The number of amides is 2. The maximum absolute atomic E-state index is 12.3. The second-order valence-electron chi connectivity index (χ2n) is 12.7. The Bertz CT molecular complexity index is 2210. The van der Waals surface area contributed by atoms with Gasteiger partial charge in [0.05, 0.1) is 28.8 Å². The maximum atomic E-state index is 12.3. The number of carboxylic acids is 2. The van der Waals surface area contributed by atoms with Gasteiger partial charge in [-0.1, -0.05) is 0 Å². The minimum atomic E-state index is -1.16. The standard InChI is InChI=1S/C17H16N2O4S.C9H9NO2S.C8H9NO3.C4H9N/c1-8-14(18-9(2)15(8)17(21)22)7-12-11-6-10(24(3)23)4-5-13(11)19-16(12)20;1-13(12)7-2-3-8-6(4-7)5-9(11)10-8;1-4-6(3-10)9-5(2)7(4)8(11)12;1-2-4-5-3-1/h4-7,18H,1-3H3,(H,19,20)(H,21,22);2-4H,5H2,1H3,(H,10,11);3,9H,1-2H3,(H,11,12);5H,1-4H2/b12-7-;;;. The molecule has 3 aliphatic heterocycles. The Morgan fingerprint density at radius 2 is 1.26 bits per heavy atom. The number of carbonyl (C=O) groups excluding carboxylic acids is 3. The van der Waals surface area contributed by atoms with E-state index < -0.39 is 33.5 Å². The van der Waals surface area contributed by atoms with E-state index in [2.05, 4.69) is 25.9 Å². The van der Waals surface area contributed by atoms with Crippen LogP contribution in [0.4, 0.5) is 11.4 Å². The smallest absolute Gasteiger partial charge is 0.337 e. The highest BCUT2D eigenvalue weighted by Gasteiger charge is 2.26. The van der Waals surface area contributed by atoms with E-state index in [1.165, 1.54) is 25.9 Å². The minimum Gasteiger partial charge on any atom is -0.478 e. The molecule has 2 aromatic heterocycles. The number of aromatic carboxylic acids is 2. The quantitative estimate of drug-likeness (QED) is 0.103. The van der Waals surface area contributed by atoms with Crippen LogP contribution in [0.5, 0.6) is 0 Å². The predicted octanol–water partition coefficient (Wildman–Crippen LogP) is 4.99. The lowest BCUT2D eigenvalue weighted by molar-refractivity contribution is -0.115. The number of aromatic amines is 2. The van der Waals surface area contributed by atoms with Crippen molar-refractivity contribution in [1.29, 1.82) is 0 Å². The number of aromatic nitrogens is 2. The second kappa shape index (κ2) is 18.1. The Morgan fingerprint density at radius 3 is 1.72 bits per heavy atom. The Kier molecular flexibility index (Phi) is 13.8. The van der Waals surface area contributed by atoms with Crippen LogP contribution in [-0.2, 0) is 37.6 Å². The van der Waals surface area contributed by atoms with Crippen LogP contribution in [0, 0.1) is 27.7 Å². The van der Waals surface area contributed by atoms with Crippen molar-refractivity contribution in [3.05, 3.63) is 92.6 Å². The zero-order valence-corrected chi connectivity index (χ0v) is 32.4. The second-order valence-corrected chi connectivity index (χ2v) is 15.4. The average Bonchev–Trinajstić information content (AvgIpc) is 3.94. The first-order valence-electron chi connectivity index (χ1n) is 16.8. The van der Waals surface area contributed by atoms with E-state index in [9.17, 15) is 37.5 Å². The van der Waals surface area contributed by atoms with Gasteiger partial charge in [-0.05, 0) is 113 Å². The van der Waals surface area contributed by atoms with Crippen molar-refractivity contribution < 1.29 is 42.6 Å². The van der Waals surface area contributed by atoms with Gasteiger partial charge in [-0.15, -0.1) is 0 Å². The maximum Gasteiger partial charge on any atom is 0.337 e. The Morgan fingerprint density at radius 1 is 0.741 bits per heavy atom. The van der Waals surface area contributed by atoms with E-state index in [-0.39, 0.29) is 22.9 Å². The van der Waals surface area contributed by atoms with Crippen molar-refractivity contribution in [3.8, 4) is 0 Å². The van der Waals surface area contributed by atoms with Crippen LogP contribution < -0.4 is 16.0 Å². The molecule has 1 saturated heterocycles. The summed E-state index contributed by atoms with van der Waals surface area (Å²) in [6.45, 7) is 9.12. The molecule has 0 saturated carbocycles. The van der Waals surface area contributed by atoms with Crippen LogP contribution in [-0.4, -0.2) is 84.2 Å². The highest BCUT2D eigenvalue weighted by atomic mass is 32.2. The number of rotatable bonds is 6. The van der Waals surface area contributed by atoms with Crippen LogP contribution in [0.1, 0.15) is 83.4 Å². The zero-order valence-electron chi connectivity index (χ0n) is 30.7. The third-order valence-electron chi connectivity index (χ3n) is 8.88. The lowest BCUT2D eigenvalue weighted by Gasteiger charge is -2.02. The first-order chi connectivity index (χ1) is 25.5. The molecule has 16 heteroatoms. The van der Waals surface area contributed by atoms with Crippen LogP contribution in [0.2, 0.25) is 0 Å². The van der Waals surface area contributed by atoms with Crippen molar-refractivity contribution in [1.82, 2.24) is 15.3 Å². The number of hydrogen-bond donors (Lipinski definition) is 7. The van der Waals surface area contributed by atoms with Crippen LogP contribution in [0.25, 0.3) is 11.6 Å². The van der Waals surface area contributed by atoms with Gasteiger partial charge < -0.3 is 36.1 Å². The Labute approximate surface area is 317 Å². The molecule has 1 fully saturated rings. The Hall–Kier alpha value is -5.45. The van der Waals surface area contributed by atoms with Gasteiger partial charge in [-0.2, -0.15) is 0 Å². The summed E-state index contributed by atoms with van der Waals surface area (Å²) in [7, 11) is -2.13. The van der Waals surface area contributed by atoms with Crippen molar-refractivity contribution >= 4 is 74.7 Å². The van der Waals surface area contributed by atoms with Crippen molar-refractivity contribution in [2.75, 3.05) is 36.2 Å². The molecule has 2 amide bonds. The third kappa shape index (κ3) is 9.75. The number of H-pyrrole nitrogens is 2. The van der Waals surface area contributed by atoms with E-state index in [0.29, 0.717) is 68.3 Å². The van der Waals surface area contributed by atoms with Crippen molar-refractivity contribution in [2.45, 2.75) is 56.7 Å². The lowest BCUT2D eigenvalue weighted by Crippen LogP contribution is -2.03. The van der Waals surface area contributed by atoms with E-state index in [4.69, 9.17) is 5.11 Å². The molecule has 0 aliphatic carbocycles. The summed E-state index contributed by atoms with van der Waals surface area (Å²) in [6.07, 6.45) is 8.65. The lowest BCUT2D eigenvalue weighted by atomic mass is 10.0. The van der Waals surface area contributed by atoms with E-state index in [0.717, 1.165) is 16.1 Å². The molecule has 2 atom stereocenters. The predicted molar refractivity (Wildman–Crippen MR) is 208 cm³/mol. The molecule has 4 aromatic rings. The normalized spacial score (nSPS) is 15.6. The number of benzene rings is 2. The van der Waals surface area contributed by atoms with Gasteiger partial charge in [0, 0.05) is 77.9 Å². The van der Waals surface area contributed by atoms with Gasteiger partial charge in [0.1, 0.15) is 0 Å². The molecule has 2 unspecified atom stereocenters. The number of aryl methyl sites for hydroxylation is 2. The molecule has 5 heterocycles. The summed E-state index contributed by atoms with van der Waals surface area (Å²) in [5.74, 6) is -2.28. The number of carboxylic acid groups (broad SMARTS) is 2. The first-order valence-corrected chi connectivity index (χ1v) is 19.9. The fourth-order valence-electron chi connectivity index (χ4n) is 6.10. The first kappa shape index (κ1) is 41.3. The number of hydrogen-bond acceptors (Lipinski definition) is 8. The molecule has 286 valence electrons. The van der Waals surface area contributed by atoms with Crippen molar-refractivity contribution in [2.24, 2.45) is 0 Å². The molecule has 7 N–H and O–H groups in total. The summed E-state index contributed by atoms with van der Waals surface area (Å²) in [5, 5.41) is 26.7. The average molecular weight is 778 g/mol.